The lowest BCUT2D eigenvalue weighted by Crippen LogP contribution is -2.48. The third-order valence-electron chi connectivity index (χ3n) is 3.75. The van der Waals surface area contributed by atoms with E-state index in [-0.39, 0.29) is 4.90 Å². The van der Waals surface area contributed by atoms with Crippen molar-refractivity contribution in [2.45, 2.75) is 44.2 Å². The van der Waals surface area contributed by atoms with Crippen molar-refractivity contribution >= 4 is 22.0 Å². The molecule has 0 heterocycles. The number of ether oxygens (including phenoxy) is 1. The molecule has 156 valence electrons. The Labute approximate surface area is 170 Å². The first kappa shape index (κ1) is 22.4. The molecule has 0 saturated heterocycles. The molecule has 0 aliphatic carbocycles. The Hall–Kier alpha value is -2.91. The summed E-state index contributed by atoms with van der Waals surface area (Å²) < 4.78 is 30.2. The molecule has 0 fully saturated rings. The van der Waals surface area contributed by atoms with Gasteiger partial charge in [0.05, 0.1) is 4.90 Å². The molecule has 2 aromatic rings. The van der Waals surface area contributed by atoms with Crippen LogP contribution in [0.15, 0.2) is 59.5 Å². The first-order valence-electron chi connectivity index (χ1n) is 8.91. The standard InChI is InChI=1S/C20H25N3O5S/c1-14-10-8-9-13-16(14)29(26,27)23-22-18(24)17(15-11-6-5-7-12-15)21-19(25)28-20(2,3)4/h5-13,17,23H,1-4H3,(H,21,25)(H,22,24). The number of hydrazine groups is 1. The maximum Gasteiger partial charge on any atom is 0.408 e. The summed E-state index contributed by atoms with van der Waals surface area (Å²) in [5.74, 6) is -0.765. The van der Waals surface area contributed by atoms with Gasteiger partial charge in [-0.15, -0.1) is 4.83 Å². The number of aryl methyl sites for hydroxylation is 1. The van der Waals surface area contributed by atoms with Crippen molar-refractivity contribution in [2.24, 2.45) is 0 Å². The largest absolute Gasteiger partial charge is 0.444 e. The normalized spacial score (nSPS) is 12.7. The molecule has 9 heteroatoms. The summed E-state index contributed by atoms with van der Waals surface area (Å²) in [5.41, 5.74) is 2.40. The second kappa shape index (κ2) is 9.06. The molecule has 0 aromatic heterocycles. The highest BCUT2D eigenvalue weighted by Gasteiger charge is 2.27. The van der Waals surface area contributed by atoms with E-state index in [4.69, 9.17) is 4.74 Å². The molecule has 2 rings (SSSR count). The van der Waals surface area contributed by atoms with Crippen LogP contribution in [0.5, 0.6) is 0 Å². The van der Waals surface area contributed by atoms with Crippen molar-refractivity contribution in [1.82, 2.24) is 15.6 Å². The average Bonchev–Trinajstić information content (AvgIpc) is 2.64. The minimum Gasteiger partial charge on any atom is -0.444 e. The number of amides is 2. The quantitative estimate of drug-likeness (QED) is 0.623. The molecular weight excluding hydrogens is 394 g/mol. The van der Waals surface area contributed by atoms with Crippen LogP contribution in [0.1, 0.15) is 37.9 Å². The van der Waals surface area contributed by atoms with Gasteiger partial charge in [0.2, 0.25) is 0 Å². The van der Waals surface area contributed by atoms with Gasteiger partial charge < -0.3 is 10.1 Å². The third kappa shape index (κ3) is 6.58. The molecule has 8 nitrogen and oxygen atoms in total. The number of benzene rings is 2. The molecule has 0 spiro atoms. The number of nitrogens with one attached hydrogen (secondary N) is 3. The van der Waals surface area contributed by atoms with Crippen LogP contribution in [0.4, 0.5) is 4.79 Å². The van der Waals surface area contributed by atoms with Gasteiger partial charge in [-0.2, -0.15) is 0 Å². The highest BCUT2D eigenvalue weighted by atomic mass is 32.2. The fourth-order valence-electron chi connectivity index (χ4n) is 2.47. The maximum atomic E-state index is 12.7. The van der Waals surface area contributed by atoms with Gasteiger partial charge in [-0.1, -0.05) is 48.5 Å². The second-order valence-electron chi connectivity index (χ2n) is 7.35. The van der Waals surface area contributed by atoms with E-state index in [0.29, 0.717) is 11.1 Å². The molecule has 0 saturated carbocycles. The van der Waals surface area contributed by atoms with Crippen molar-refractivity contribution in [3.8, 4) is 0 Å². The molecule has 2 amide bonds. The number of carbonyl (C=O) groups is 2. The van der Waals surface area contributed by atoms with Crippen LogP contribution in [0, 0.1) is 6.92 Å². The van der Waals surface area contributed by atoms with Crippen molar-refractivity contribution in [2.75, 3.05) is 0 Å². The SMILES string of the molecule is Cc1ccccc1S(=O)(=O)NNC(=O)C(NC(=O)OC(C)(C)C)c1ccccc1. The van der Waals surface area contributed by atoms with Gasteiger partial charge in [0, 0.05) is 0 Å². The highest BCUT2D eigenvalue weighted by Crippen LogP contribution is 2.16. The summed E-state index contributed by atoms with van der Waals surface area (Å²) in [6, 6.07) is 13.6. The van der Waals surface area contributed by atoms with Gasteiger partial charge >= 0.3 is 6.09 Å². The summed E-state index contributed by atoms with van der Waals surface area (Å²) >= 11 is 0. The van der Waals surface area contributed by atoms with Crippen LogP contribution in [-0.2, 0) is 19.6 Å². The molecule has 2 aromatic carbocycles. The zero-order valence-corrected chi connectivity index (χ0v) is 17.5. The fraction of sp³-hybridized carbons (Fsp3) is 0.300. The predicted molar refractivity (Wildman–Crippen MR) is 108 cm³/mol. The smallest absolute Gasteiger partial charge is 0.408 e. The molecule has 1 unspecified atom stereocenters. The van der Waals surface area contributed by atoms with Crippen LogP contribution in [0.25, 0.3) is 0 Å². The third-order valence-corrected chi connectivity index (χ3v) is 5.16. The molecule has 0 aliphatic heterocycles. The van der Waals surface area contributed by atoms with E-state index in [1.54, 1.807) is 76.2 Å². The number of hydrogen-bond acceptors (Lipinski definition) is 5. The predicted octanol–water partition coefficient (Wildman–Crippen LogP) is 2.57. The Morgan fingerprint density at radius 1 is 0.966 bits per heavy atom. The lowest BCUT2D eigenvalue weighted by Gasteiger charge is -2.23. The minimum atomic E-state index is -3.98. The zero-order chi connectivity index (χ0) is 21.7. The van der Waals surface area contributed by atoms with E-state index in [9.17, 15) is 18.0 Å². The number of alkyl carbamates (subject to hydrolysis) is 1. The van der Waals surface area contributed by atoms with E-state index in [1.807, 2.05) is 0 Å². The lowest BCUT2D eigenvalue weighted by molar-refractivity contribution is -0.123. The highest BCUT2D eigenvalue weighted by molar-refractivity contribution is 7.89. The van der Waals surface area contributed by atoms with Gasteiger partial charge in [0.15, 0.2) is 0 Å². The Balaban J connectivity index is 2.17. The summed E-state index contributed by atoms with van der Waals surface area (Å²) in [6.45, 7) is 6.73. The van der Waals surface area contributed by atoms with Gasteiger partial charge in [-0.25, -0.2) is 13.2 Å². The topological polar surface area (TPSA) is 114 Å². The van der Waals surface area contributed by atoms with Crippen LogP contribution in [-0.4, -0.2) is 26.0 Å². The monoisotopic (exact) mass is 419 g/mol. The number of carbonyl (C=O) groups excluding carboxylic acids is 2. The number of rotatable bonds is 6. The number of sulfonamides is 1. The van der Waals surface area contributed by atoms with Crippen molar-refractivity contribution < 1.29 is 22.7 Å². The summed E-state index contributed by atoms with van der Waals surface area (Å²) in [4.78, 5) is 27.0. The second-order valence-corrected chi connectivity index (χ2v) is 9.00. The first-order valence-corrected chi connectivity index (χ1v) is 10.4. The van der Waals surface area contributed by atoms with Gasteiger partial charge in [-0.05, 0) is 44.9 Å². The molecule has 0 radical (unpaired) electrons. The van der Waals surface area contributed by atoms with Crippen LogP contribution in [0.2, 0.25) is 0 Å². The maximum absolute atomic E-state index is 12.7. The summed E-state index contributed by atoms with van der Waals surface area (Å²) in [7, 11) is -3.98. The average molecular weight is 420 g/mol. The van der Waals surface area contributed by atoms with E-state index < -0.39 is 33.7 Å². The van der Waals surface area contributed by atoms with Crippen LogP contribution >= 0.6 is 0 Å². The van der Waals surface area contributed by atoms with Crippen molar-refractivity contribution in [3.63, 3.8) is 0 Å². The van der Waals surface area contributed by atoms with Gasteiger partial charge in [-0.3, -0.25) is 10.2 Å². The van der Waals surface area contributed by atoms with E-state index in [0.717, 1.165) is 0 Å². The Morgan fingerprint density at radius 2 is 1.55 bits per heavy atom. The zero-order valence-electron chi connectivity index (χ0n) is 16.7. The van der Waals surface area contributed by atoms with Gasteiger partial charge in [0.25, 0.3) is 15.9 Å². The van der Waals surface area contributed by atoms with Crippen LogP contribution < -0.4 is 15.6 Å². The van der Waals surface area contributed by atoms with E-state index >= 15 is 0 Å². The Bertz CT molecular complexity index is 969. The van der Waals surface area contributed by atoms with Gasteiger partial charge in [0.1, 0.15) is 11.6 Å². The van der Waals surface area contributed by atoms with Crippen LogP contribution in [0.3, 0.4) is 0 Å². The molecule has 3 N–H and O–H groups in total. The van der Waals surface area contributed by atoms with E-state index in [1.165, 1.54) is 6.07 Å². The van der Waals surface area contributed by atoms with Crippen molar-refractivity contribution in [1.29, 1.82) is 0 Å². The molecule has 0 aliphatic rings. The molecular formula is C20H25N3O5S. The Morgan fingerprint density at radius 3 is 2.14 bits per heavy atom. The molecule has 29 heavy (non-hydrogen) atoms. The fourth-order valence-corrected chi connectivity index (χ4v) is 3.57. The molecule has 1 atom stereocenters. The first-order chi connectivity index (χ1) is 13.5. The number of hydrogen-bond donors (Lipinski definition) is 3. The van der Waals surface area contributed by atoms with E-state index in [2.05, 4.69) is 15.6 Å². The minimum absolute atomic E-state index is 0.0386. The molecule has 0 bridgehead atoms. The lowest BCUT2D eigenvalue weighted by atomic mass is 10.1. The summed E-state index contributed by atoms with van der Waals surface area (Å²) in [6.07, 6.45) is -0.803. The summed E-state index contributed by atoms with van der Waals surface area (Å²) in [5, 5.41) is 2.47. The van der Waals surface area contributed by atoms with Crippen molar-refractivity contribution in [3.05, 3.63) is 65.7 Å². The Kier molecular flexibility index (Phi) is 6.99.